The lowest BCUT2D eigenvalue weighted by Crippen LogP contribution is -1.99. The smallest absolute Gasteiger partial charge is 0.142 e. The van der Waals surface area contributed by atoms with Crippen LogP contribution in [0.4, 0.5) is 5.69 Å². The van der Waals surface area contributed by atoms with Gasteiger partial charge in [0.1, 0.15) is 11.8 Å². The summed E-state index contributed by atoms with van der Waals surface area (Å²) in [6.07, 6.45) is 1.63. The van der Waals surface area contributed by atoms with E-state index in [1.165, 1.54) is 5.56 Å². The molecule has 3 nitrogen and oxygen atoms in total. The Morgan fingerprint density at radius 3 is 2.94 bits per heavy atom. The van der Waals surface area contributed by atoms with Gasteiger partial charge in [0.2, 0.25) is 0 Å². The van der Waals surface area contributed by atoms with Crippen LogP contribution in [0.3, 0.4) is 0 Å². The van der Waals surface area contributed by atoms with Gasteiger partial charge >= 0.3 is 0 Å². The van der Waals surface area contributed by atoms with Crippen LogP contribution < -0.4 is 5.32 Å². The summed E-state index contributed by atoms with van der Waals surface area (Å²) in [5.74, 6) is 0. The van der Waals surface area contributed by atoms with Crippen molar-refractivity contribution < 1.29 is 0 Å². The van der Waals surface area contributed by atoms with E-state index in [2.05, 4.69) is 32.3 Å². The zero-order chi connectivity index (χ0) is 12.1. The fourth-order valence-corrected chi connectivity index (χ4v) is 1.90. The molecule has 1 heterocycles. The van der Waals surface area contributed by atoms with Crippen molar-refractivity contribution in [2.75, 3.05) is 5.32 Å². The molecule has 0 atom stereocenters. The van der Waals surface area contributed by atoms with Gasteiger partial charge in [-0.25, -0.2) is 4.98 Å². The van der Waals surface area contributed by atoms with Crippen LogP contribution in [0.5, 0.6) is 0 Å². The summed E-state index contributed by atoms with van der Waals surface area (Å²) in [6, 6.07) is 13.7. The Hall–Kier alpha value is -1.86. The van der Waals surface area contributed by atoms with E-state index in [1.54, 1.807) is 12.3 Å². The maximum absolute atomic E-state index is 8.74. The fourth-order valence-electron chi connectivity index (χ4n) is 1.45. The second-order valence-corrected chi connectivity index (χ2v) is 4.44. The van der Waals surface area contributed by atoms with Gasteiger partial charge in [0.25, 0.3) is 0 Å². The van der Waals surface area contributed by atoms with Crippen molar-refractivity contribution in [2.45, 2.75) is 6.54 Å². The number of nitrogens with one attached hydrogen (secondary N) is 1. The predicted octanol–water partition coefficient (Wildman–Crippen LogP) is 3.33. The first-order valence-corrected chi connectivity index (χ1v) is 5.92. The number of nitrogens with zero attached hydrogens (tertiary/aromatic N) is 2. The average Bonchev–Trinajstić information content (AvgIpc) is 2.37. The molecule has 0 bridgehead atoms. The third kappa shape index (κ3) is 3.30. The van der Waals surface area contributed by atoms with Crippen molar-refractivity contribution in [3.8, 4) is 6.07 Å². The standard InChI is InChI=1S/C13H10BrN3/c14-11-3-1-2-10(6-11)9-17-12-4-5-16-13(7-12)8-15/h1-7H,9H2,(H,16,17). The maximum atomic E-state index is 8.74. The number of aromatic nitrogens is 1. The molecule has 0 aliphatic rings. The van der Waals surface area contributed by atoms with E-state index in [4.69, 9.17) is 5.26 Å². The molecule has 0 aliphatic heterocycles. The van der Waals surface area contributed by atoms with Gasteiger partial charge in [-0.1, -0.05) is 28.1 Å². The Bertz CT molecular complexity index is 561. The molecular formula is C13H10BrN3. The maximum Gasteiger partial charge on any atom is 0.142 e. The Morgan fingerprint density at radius 2 is 2.18 bits per heavy atom. The SMILES string of the molecule is N#Cc1cc(NCc2cccc(Br)c2)ccn1. The molecule has 0 fully saturated rings. The van der Waals surface area contributed by atoms with E-state index < -0.39 is 0 Å². The summed E-state index contributed by atoms with van der Waals surface area (Å²) in [4.78, 5) is 3.92. The van der Waals surface area contributed by atoms with E-state index in [0.29, 0.717) is 12.2 Å². The quantitative estimate of drug-likeness (QED) is 0.942. The lowest BCUT2D eigenvalue weighted by Gasteiger charge is -2.06. The molecule has 84 valence electrons. The lowest BCUT2D eigenvalue weighted by molar-refractivity contribution is 1.13. The number of hydrogen-bond donors (Lipinski definition) is 1. The molecule has 0 radical (unpaired) electrons. The van der Waals surface area contributed by atoms with Gasteiger partial charge in [-0.2, -0.15) is 5.26 Å². The first kappa shape index (κ1) is 11.6. The van der Waals surface area contributed by atoms with Crippen LogP contribution in [0.1, 0.15) is 11.3 Å². The first-order chi connectivity index (χ1) is 8.28. The summed E-state index contributed by atoms with van der Waals surface area (Å²) in [5.41, 5.74) is 2.50. The Labute approximate surface area is 108 Å². The molecule has 0 spiro atoms. The van der Waals surface area contributed by atoms with Crippen molar-refractivity contribution in [3.05, 3.63) is 58.3 Å². The highest BCUT2D eigenvalue weighted by atomic mass is 79.9. The van der Waals surface area contributed by atoms with E-state index in [9.17, 15) is 0 Å². The van der Waals surface area contributed by atoms with Crippen LogP contribution in [0.2, 0.25) is 0 Å². The number of rotatable bonds is 3. The van der Waals surface area contributed by atoms with Crippen molar-refractivity contribution in [1.82, 2.24) is 4.98 Å². The molecule has 0 aliphatic carbocycles. The highest BCUT2D eigenvalue weighted by molar-refractivity contribution is 9.10. The molecule has 0 saturated heterocycles. The minimum absolute atomic E-state index is 0.421. The van der Waals surface area contributed by atoms with Gasteiger partial charge in [-0.15, -0.1) is 0 Å². The van der Waals surface area contributed by atoms with Gasteiger partial charge in [-0.3, -0.25) is 0 Å². The third-order valence-corrected chi connectivity index (χ3v) is 2.75. The molecule has 0 amide bonds. The average molecular weight is 288 g/mol. The monoisotopic (exact) mass is 287 g/mol. The minimum Gasteiger partial charge on any atom is -0.381 e. The molecule has 2 rings (SSSR count). The lowest BCUT2D eigenvalue weighted by atomic mass is 10.2. The Morgan fingerprint density at radius 1 is 1.29 bits per heavy atom. The van der Waals surface area contributed by atoms with Gasteiger partial charge in [0.05, 0.1) is 0 Å². The van der Waals surface area contributed by atoms with Crippen LogP contribution in [-0.4, -0.2) is 4.98 Å². The largest absolute Gasteiger partial charge is 0.381 e. The molecule has 2 aromatic rings. The molecule has 4 heteroatoms. The van der Waals surface area contributed by atoms with Crippen LogP contribution in [0.25, 0.3) is 0 Å². The fraction of sp³-hybridized carbons (Fsp3) is 0.0769. The van der Waals surface area contributed by atoms with Crippen LogP contribution in [0.15, 0.2) is 47.1 Å². The second kappa shape index (κ2) is 5.46. The van der Waals surface area contributed by atoms with Gasteiger partial charge < -0.3 is 5.32 Å². The van der Waals surface area contributed by atoms with Crippen molar-refractivity contribution >= 4 is 21.6 Å². The third-order valence-electron chi connectivity index (χ3n) is 2.26. The molecule has 17 heavy (non-hydrogen) atoms. The number of nitriles is 1. The van der Waals surface area contributed by atoms with Crippen LogP contribution in [0, 0.1) is 11.3 Å². The summed E-state index contributed by atoms with van der Waals surface area (Å²) >= 11 is 3.43. The normalized spacial score (nSPS) is 9.65. The second-order valence-electron chi connectivity index (χ2n) is 3.53. The highest BCUT2D eigenvalue weighted by Gasteiger charge is 1.97. The molecule has 1 N–H and O–H groups in total. The van der Waals surface area contributed by atoms with Crippen molar-refractivity contribution in [1.29, 1.82) is 5.26 Å². The summed E-state index contributed by atoms with van der Waals surface area (Å²) in [7, 11) is 0. The number of benzene rings is 1. The van der Waals surface area contributed by atoms with Crippen LogP contribution >= 0.6 is 15.9 Å². The minimum atomic E-state index is 0.421. The number of halogens is 1. The number of hydrogen-bond acceptors (Lipinski definition) is 3. The highest BCUT2D eigenvalue weighted by Crippen LogP contribution is 2.14. The summed E-state index contributed by atoms with van der Waals surface area (Å²) in [6.45, 7) is 0.717. The van der Waals surface area contributed by atoms with Gasteiger partial charge in [0.15, 0.2) is 0 Å². The van der Waals surface area contributed by atoms with E-state index >= 15 is 0 Å². The predicted molar refractivity (Wildman–Crippen MR) is 70.4 cm³/mol. The summed E-state index contributed by atoms with van der Waals surface area (Å²) < 4.78 is 1.06. The zero-order valence-corrected chi connectivity index (χ0v) is 10.6. The van der Waals surface area contributed by atoms with Crippen molar-refractivity contribution in [2.24, 2.45) is 0 Å². The molecule has 0 unspecified atom stereocenters. The number of pyridine rings is 1. The van der Waals surface area contributed by atoms with E-state index in [-0.39, 0.29) is 0 Å². The zero-order valence-electron chi connectivity index (χ0n) is 9.02. The molecular weight excluding hydrogens is 278 g/mol. The Kier molecular flexibility index (Phi) is 3.73. The van der Waals surface area contributed by atoms with Crippen LogP contribution in [-0.2, 0) is 6.54 Å². The van der Waals surface area contributed by atoms with E-state index in [0.717, 1.165) is 10.2 Å². The van der Waals surface area contributed by atoms with Gasteiger partial charge in [0, 0.05) is 22.9 Å². The Balaban J connectivity index is 2.05. The van der Waals surface area contributed by atoms with Gasteiger partial charge in [-0.05, 0) is 29.8 Å². The first-order valence-electron chi connectivity index (χ1n) is 5.12. The number of anilines is 1. The summed E-state index contributed by atoms with van der Waals surface area (Å²) in [5, 5.41) is 12.0. The van der Waals surface area contributed by atoms with Crippen molar-refractivity contribution in [3.63, 3.8) is 0 Å². The molecule has 0 saturated carbocycles. The molecule has 1 aromatic carbocycles. The topological polar surface area (TPSA) is 48.7 Å². The van der Waals surface area contributed by atoms with E-state index in [1.807, 2.05) is 30.3 Å². The molecule has 1 aromatic heterocycles.